The Morgan fingerprint density at radius 2 is 1.95 bits per heavy atom. The van der Waals surface area contributed by atoms with Crippen LogP contribution in [0.1, 0.15) is 6.92 Å². The Labute approximate surface area is 113 Å². The van der Waals surface area contributed by atoms with E-state index in [0.717, 1.165) is 32.7 Å². The molecule has 1 fully saturated rings. The average Bonchev–Trinajstić information content (AvgIpc) is 2.39. The summed E-state index contributed by atoms with van der Waals surface area (Å²) < 4.78 is 13.0. The number of nitrogens with zero attached hydrogens (tertiary/aromatic N) is 2. The van der Waals surface area contributed by atoms with Gasteiger partial charge in [0.1, 0.15) is 5.82 Å². The quantitative estimate of drug-likeness (QED) is 0.894. The van der Waals surface area contributed by atoms with Crippen LogP contribution >= 0.6 is 0 Å². The molecular weight excluding hydrogens is 245 g/mol. The largest absolute Gasteiger partial charge is 0.325 e. The first-order valence-corrected chi connectivity index (χ1v) is 6.67. The third-order valence-electron chi connectivity index (χ3n) is 3.39. The summed E-state index contributed by atoms with van der Waals surface area (Å²) in [5.41, 5.74) is 0.511. The van der Waals surface area contributed by atoms with E-state index in [4.69, 9.17) is 0 Å². The Bertz CT molecular complexity index is 430. The molecule has 1 aliphatic heterocycles. The minimum absolute atomic E-state index is 0.0875. The number of likely N-dealkylation sites (N-methyl/N-ethyl adjacent to an activating group) is 1. The lowest BCUT2D eigenvalue weighted by molar-refractivity contribution is -0.117. The van der Waals surface area contributed by atoms with Crippen LogP contribution in [0.2, 0.25) is 0 Å². The molecule has 1 heterocycles. The van der Waals surface area contributed by atoms with Crippen molar-refractivity contribution in [3.05, 3.63) is 30.1 Å². The van der Waals surface area contributed by atoms with E-state index in [2.05, 4.69) is 22.0 Å². The lowest BCUT2D eigenvalue weighted by atomic mass is 10.3. The van der Waals surface area contributed by atoms with Gasteiger partial charge in [-0.1, -0.05) is 13.0 Å². The summed E-state index contributed by atoms with van der Waals surface area (Å²) in [5, 5.41) is 2.72. The van der Waals surface area contributed by atoms with E-state index in [0.29, 0.717) is 12.2 Å². The second-order valence-electron chi connectivity index (χ2n) is 4.77. The van der Waals surface area contributed by atoms with Gasteiger partial charge in [0.15, 0.2) is 0 Å². The molecule has 0 saturated carbocycles. The van der Waals surface area contributed by atoms with Gasteiger partial charge in [-0.05, 0) is 24.7 Å². The van der Waals surface area contributed by atoms with Crippen molar-refractivity contribution < 1.29 is 9.18 Å². The van der Waals surface area contributed by atoms with E-state index in [9.17, 15) is 9.18 Å². The second-order valence-corrected chi connectivity index (χ2v) is 4.77. The normalized spacial score (nSPS) is 17.4. The summed E-state index contributed by atoms with van der Waals surface area (Å²) in [6, 6.07) is 5.97. The van der Waals surface area contributed by atoms with Crippen molar-refractivity contribution in [3.8, 4) is 0 Å². The van der Waals surface area contributed by atoms with Crippen LogP contribution in [-0.4, -0.2) is 55.0 Å². The molecule has 1 amide bonds. The maximum absolute atomic E-state index is 13.0. The first kappa shape index (κ1) is 14.0. The van der Waals surface area contributed by atoms with Gasteiger partial charge in [0, 0.05) is 31.9 Å². The zero-order valence-electron chi connectivity index (χ0n) is 11.2. The molecule has 1 aromatic carbocycles. The lowest BCUT2D eigenvalue weighted by Gasteiger charge is -2.33. The Kier molecular flexibility index (Phi) is 4.87. The van der Waals surface area contributed by atoms with Crippen molar-refractivity contribution in [1.29, 1.82) is 0 Å². The Morgan fingerprint density at radius 3 is 2.58 bits per heavy atom. The van der Waals surface area contributed by atoms with Gasteiger partial charge in [0.05, 0.1) is 6.54 Å². The molecule has 2 rings (SSSR count). The van der Waals surface area contributed by atoms with Crippen molar-refractivity contribution in [3.63, 3.8) is 0 Å². The van der Waals surface area contributed by atoms with E-state index in [-0.39, 0.29) is 11.7 Å². The summed E-state index contributed by atoms with van der Waals surface area (Å²) in [5.74, 6) is -0.426. The first-order chi connectivity index (χ1) is 9.17. The molecule has 19 heavy (non-hydrogen) atoms. The van der Waals surface area contributed by atoms with Crippen LogP contribution in [0.5, 0.6) is 0 Å². The van der Waals surface area contributed by atoms with Gasteiger partial charge < -0.3 is 10.2 Å². The standard InChI is InChI=1S/C14H20FN3O/c1-2-17-6-8-18(9-7-17)11-14(19)16-13-5-3-4-12(15)10-13/h3-5,10H,2,6-9,11H2,1H3,(H,16,19). The van der Waals surface area contributed by atoms with E-state index in [1.807, 2.05) is 0 Å². The highest BCUT2D eigenvalue weighted by Gasteiger charge is 2.17. The molecule has 1 N–H and O–H groups in total. The molecule has 0 unspecified atom stereocenters. The average molecular weight is 265 g/mol. The number of anilines is 1. The number of rotatable bonds is 4. The molecule has 5 heteroatoms. The third-order valence-corrected chi connectivity index (χ3v) is 3.39. The first-order valence-electron chi connectivity index (χ1n) is 6.67. The number of hydrogen-bond donors (Lipinski definition) is 1. The summed E-state index contributed by atoms with van der Waals surface area (Å²) in [4.78, 5) is 16.3. The number of halogens is 1. The smallest absolute Gasteiger partial charge is 0.238 e. The van der Waals surface area contributed by atoms with E-state index < -0.39 is 0 Å². The van der Waals surface area contributed by atoms with Crippen LogP contribution in [0.4, 0.5) is 10.1 Å². The maximum Gasteiger partial charge on any atom is 0.238 e. The van der Waals surface area contributed by atoms with E-state index in [1.165, 1.54) is 12.1 Å². The molecule has 0 atom stereocenters. The monoisotopic (exact) mass is 265 g/mol. The minimum Gasteiger partial charge on any atom is -0.325 e. The molecule has 1 saturated heterocycles. The fraction of sp³-hybridized carbons (Fsp3) is 0.500. The molecule has 0 aliphatic carbocycles. The van der Waals surface area contributed by atoms with Gasteiger partial charge in [-0.2, -0.15) is 0 Å². The van der Waals surface area contributed by atoms with Crippen molar-refractivity contribution in [1.82, 2.24) is 9.80 Å². The van der Waals surface area contributed by atoms with Gasteiger partial charge in [-0.3, -0.25) is 9.69 Å². The fourth-order valence-electron chi connectivity index (χ4n) is 2.23. The van der Waals surface area contributed by atoms with Gasteiger partial charge in [0.2, 0.25) is 5.91 Å². The number of amides is 1. The van der Waals surface area contributed by atoms with Gasteiger partial charge in [-0.25, -0.2) is 4.39 Å². The number of piperazine rings is 1. The zero-order valence-corrected chi connectivity index (χ0v) is 11.2. The SMILES string of the molecule is CCN1CCN(CC(=O)Nc2cccc(F)c2)CC1. The zero-order chi connectivity index (χ0) is 13.7. The minimum atomic E-state index is -0.339. The van der Waals surface area contributed by atoms with Crippen molar-refractivity contribution in [2.45, 2.75) is 6.92 Å². The lowest BCUT2D eigenvalue weighted by Crippen LogP contribution is -2.48. The molecule has 1 aliphatic rings. The van der Waals surface area contributed by atoms with Crippen LogP contribution in [0, 0.1) is 5.82 Å². The van der Waals surface area contributed by atoms with Gasteiger partial charge >= 0.3 is 0 Å². The number of nitrogens with one attached hydrogen (secondary N) is 1. The summed E-state index contributed by atoms with van der Waals surface area (Å²) in [7, 11) is 0. The molecule has 1 aromatic rings. The van der Waals surface area contributed by atoms with Crippen LogP contribution in [0.25, 0.3) is 0 Å². The fourth-order valence-corrected chi connectivity index (χ4v) is 2.23. The van der Waals surface area contributed by atoms with Gasteiger partial charge in [-0.15, -0.1) is 0 Å². The molecule has 0 bridgehead atoms. The molecule has 0 radical (unpaired) electrons. The van der Waals surface area contributed by atoms with Crippen LogP contribution in [0.15, 0.2) is 24.3 Å². The molecule has 0 aromatic heterocycles. The Balaban J connectivity index is 1.79. The molecular formula is C14H20FN3O. The highest BCUT2D eigenvalue weighted by atomic mass is 19.1. The number of hydrogen-bond acceptors (Lipinski definition) is 3. The van der Waals surface area contributed by atoms with Crippen LogP contribution in [0.3, 0.4) is 0 Å². The maximum atomic E-state index is 13.0. The predicted molar refractivity (Wildman–Crippen MR) is 73.6 cm³/mol. The van der Waals surface area contributed by atoms with E-state index in [1.54, 1.807) is 12.1 Å². The third kappa shape index (κ3) is 4.29. The van der Waals surface area contributed by atoms with Crippen molar-refractivity contribution in [2.24, 2.45) is 0 Å². The predicted octanol–water partition coefficient (Wildman–Crippen LogP) is 1.40. The number of carbonyl (C=O) groups is 1. The summed E-state index contributed by atoms with van der Waals surface area (Å²) in [6.07, 6.45) is 0. The Hall–Kier alpha value is -1.46. The van der Waals surface area contributed by atoms with Gasteiger partial charge in [0.25, 0.3) is 0 Å². The van der Waals surface area contributed by atoms with Crippen molar-refractivity contribution in [2.75, 3.05) is 44.6 Å². The van der Waals surface area contributed by atoms with Crippen molar-refractivity contribution >= 4 is 11.6 Å². The number of carbonyl (C=O) groups excluding carboxylic acids is 1. The highest BCUT2D eigenvalue weighted by Crippen LogP contribution is 2.09. The molecule has 4 nitrogen and oxygen atoms in total. The number of benzene rings is 1. The Morgan fingerprint density at radius 1 is 1.26 bits per heavy atom. The highest BCUT2D eigenvalue weighted by molar-refractivity contribution is 5.92. The second kappa shape index (κ2) is 6.63. The summed E-state index contributed by atoms with van der Waals surface area (Å²) in [6.45, 7) is 7.39. The van der Waals surface area contributed by atoms with Crippen LogP contribution in [-0.2, 0) is 4.79 Å². The summed E-state index contributed by atoms with van der Waals surface area (Å²) >= 11 is 0. The molecule has 0 spiro atoms. The van der Waals surface area contributed by atoms with Crippen LogP contribution < -0.4 is 5.32 Å². The van der Waals surface area contributed by atoms with E-state index >= 15 is 0 Å². The topological polar surface area (TPSA) is 35.6 Å². The molecule has 104 valence electrons.